The summed E-state index contributed by atoms with van der Waals surface area (Å²) in [6.45, 7) is 5.82. The number of nitrogens with one attached hydrogen (secondary N) is 1. The monoisotopic (exact) mass is 362 g/mol. The molecule has 9 heteroatoms. The summed E-state index contributed by atoms with van der Waals surface area (Å²) < 4.78 is 32.3. The Labute approximate surface area is 145 Å². The maximum Gasteiger partial charge on any atom is 0.281 e. The Bertz CT molecular complexity index is 506. The Kier molecular flexibility index (Phi) is 7.42. The van der Waals surface area contributed by atoms with E-state index in [9.17, 15) is 13.2 Å². The van der Waals surface area contributed by atoms with Crippen LogP contribution in [0.25, 0.3) is 0 Å². The molecule has 0 saturated carbocycles. The van der Waals surface area contributed by atoms with Crippen molar-refractivity contribution in [3.8, 4) is 0 Å². The number of hydrogen-bond acceptors (Lipinski definition) is 5. The van der Waals surface area contributed by atoms with Crippen LogP contribution >= 0.6 is 0 Å². The highest BCUT2D eigenvalue weighted by Crippen LogP contribution is 2.20. The van der Waals surface area contributed by atoms with Crippen molar-refractivity contribution in [3.05, 3.63) is 0 Å². The van der Waals surface area contributed by atoms with Gasteiger partial charge in [0.2, 0.25) is 5.91 Å². The average molecular weight is 362 g/mol. The average Bonchev–Trinajstić information content (AvgIpc) is 2.59. The predicted octanol–water partition coefficient (Wildman–Crippen LogP) is -0.657. The van der Waals surface area contributed by atoms with Gasteiger partial charge < -0.3 is 10.1 Å². The van der Waals surface area contributed by atoms with E-state index in [0.717, 1.165) is 52.1 Å². The maximum atomic E-state index is 12.3. The molecule has 1 amide bonds. The lowest BCUT2D eigenvalue weighted by Crippen LogP contribution is -2.49. The van der Waals surface area contributed by atoms with E-state index in [1.54, 1.807) is 0 Å². The zero-order chi connectivity index (χ0) is 17.6. The van der Waals surface area contributed by atoms with Crippen molar-refractivity contribution in [2.24, 2.45) is 5.92 Å². The van der Waals surface area contributed by atoms with E-state index in [0.29, 0.717) is 13.1 Å². The standard InChI is InChI=1S/C15H30N4O4S/c1-17(2)24(21,22)19-8-3-5-14(13-19)15(20)16-6-4-7-18-9-11-23-12-10-18/h14H,3-13H2,1-2H3,(H,16,20)/t14-/m1/s1. The lowest BCUT2D eigenvalue weighted by Gasteiger charge is -2.32. The van der Waals surface area contributed by atoms with Gasteiger partial charge in [-0.15, -0.1) is 0 Å². The first kappa shape index (κ1) is 19.6. The van der Waals surface area contributed by atoms with Crippen LogP contribution in [-0.4, -0.2) is 94.4 Å². The quantitative estimate of drug-likeness (QED) is 0.608. The van der Waals surface area contributed by atoms with Crippen molar-refractivity contribution in [3.63, 3.8) is 0 Å². The first-order valence-electron chi connectivity index (χ1n) is 8.66. The molecule has 0 spiro atoms. The van der Waals surface area contributed by atoms with Crippen LogP contribution in [0.15, 0.2) is 0 Å². The van der Waals surface area contributed by atoms with E-state index in [1.165, 1.54) is 22.7 Å². The number of carbonyl (C=O) groups excluding carboxylic acids is 1. The smallest absolute Gasteiger partial charge is 0.281 e. The molecule has 2 saturated heterocycles. The number of piperidine rings is 1. The number of amides is 1. The molecule has 0 aromatic heterocycles. The van der Waals surface area contributed by atoms with Crippen LogP contribution in [0.3, 0.4) is 0 Å². The molecule has 0 aromatic rings. The van der Waals surface area contributed by atoms with E-state index in [4.69, 9.17) is 4.74 Å². The SMILES string of the molecule is CN(C)S(=O)(=O)N1CCC[C@@H](C(=O)NCCCN2CCOCC2)C1. The lowest BCUT2D eigenvalue weighted by molar-refractivity contribution is -0.126. The van der Waals surface area contributed by atoms with Crippen LogP contribution in [0.1, 0.15) is 19.3 Å². The van der Waals surface area contributed by atoms with Crippen molar-refractivity contribution in [1.29, 1.82) is 0 Å². The predicted molar refractivity (Wildman–Crippen MR) is 91.8 cm³/mol. The minimum atomic E-state index is -3.44. The number of ether oxygens (including phenoxy) is 1. The van der Waals surface area contributed by atoms with Gasteiger partial charge in [0.25, 0.3) is 10.2 Å². The van der Waals surface area contributed by atoms with Crippen LogP contribution in [0.4, 0.5) is 0 Å². The summed E-state index contributed by atoms with van der Waals surface area (Å²) in [7, 11) is -0.401. The molecular formula is C15H30N4O4S. The van der Waals surface area contributed by atoms with Crippen LogP contribution in [0.5, 0.6) is 0 Å². The van der Waals surface area contributed by atoms with Crippen molar-refractivity contribution in [2.45, 2.75) is 19.3 Å². The molecule has 0 aromatic carbocycles. The van der Waals surface area contributed by atoms with Gasteiger partial charge in [-0.2, -0.15) is 17.0 Å². The van der Waals surface area contributed by atoms with Gasteiger partial charge in [0.1, 0.15) is 0 Å². The number of morpholine rings is 1. The van der Waals surface area contributed by atoms with E-state index < -0.39 is 10.2 Å². The summed E-state index contributed by atoms with van der Waals surface area (Å²) in [6, 6.07) is 0. The number of hydrogen-bond donors (Lipinski definition) is 1. The molecule has 2 aliphatic rings. The summed E-state index contributed by atoms with van der Waals surface area (Å²) in [5.74, 6) is -0.285. The molecule has 0 bridgehead atoms. The molecule has 140 valence electrons. The maximum absolute atomic E-state index is 12.3. The highest BCUT2D eigenvalue weighted by atomic mass is 32.2. The van der Waals surface area contributed by atoms with Gasteiger partial charge in [0, 0.05) is 46.8 Å². The Morgan fingerprint density at radius 3 is 2.62 bits per heavy atom. The minimum absolute atomic E-state index is 0.0318. The fourth-order valence-corrected chi connectivity index (χ4v) is 4.27. The summed E-state index contributed by atoms with van der Waals surface area (Å²) in [5.41, 5.74) is 0. The Balaban J connectivity index is 1.71. The van der Waals surface area contributed by atoms with Crippen LogP contribution in [0.2, 0.25) is 0 Å². The van der Waals surface area contributed by atoms with Crippen LogP contribution in [0, 0.1) is 5.92 Å². The van der Waals surface area contributed by atoms with Gasteiger partial charge in [0.15, 0.2) is 0 Å². The van der Waals surface area contributed by atoms with Gasteiger partial charge in [-0.25, -0.2) is 0 Å². The second-order valence-corrected chi connectivity index (χ2v) is 8.73. The van der Waals surface area contributed by atoms with Gasteiger partial charge in [0.05, 0.1) is 19.1 Å². The molecule has 2 fully saturated rings. The van der Waals surface area contributed by atoms with Gasteiger partial charge >= 0.3 is 0 Å². The van der Waals surface area contributed by atoms with Crippen LogP contribution < -0.4 is 5.32 Å². The number of rotatable bonds is 7. The molecule has 2 rings (SSSR count). The number of carbonyl (C=O) groups is 1. The summed E-state index contributed by atoms with van der Waals surface area (Å²) >= 11 is 0. The fourth-order valence-electron chi connectivity index (χ4n) is 3.08. The summed E-state index contributed by atoms with van der Waals surface area (Å²) in [6.07, 6.45) is 2.37. The largest absolute Gasteiger partial charge is 0.379 e. The van der Waals surface area contributed by atoms with Crippen LogP contribution in [-0.2, 0) is 19.7 Å². The summed E-state index contributed by atoms with van der Waals surface area (Å²) in [4.78, 5) is 14.6. The first-order valence-corrected chi connectivity index (χ1v) is 10.1. The Morgan fingerprint density at radius 1 is 1.25 bits per heavy atom. The zero-order valence-corrected chi connectivity index (χ0v) is 15.6. The van der Waals surface area contributed by atoms with E-state index in [-0.39, 0.29) is 18.4 Å². The molecule has 8 nitrogen and oxygen atoms in total. The van der Waals surface area contributed by atoms with E-state index >= 15 is 0 Å². The second-order valence-electron chi connectivity index (χ2n) is 6.59. The minimum Gasteiger partial charge on any atom is -0.379 e. The normalized spacial score (nSPS) is 24.2. The number of nitrogens with zero attached hydrogens (tertiary/aromatic N) is 3. The molecular weight excluding hydrogens is 332 g/mol. The van der Waals surface area contributed by atoms with E-state index in [2.05, 4.69) is 10.2 Å². The first-order chi connectivity index (χ1) is 11.4. The summed E-state index contributed by atoms with van der Waals surface area (Å²) in [5, 5.41) is 2.96. The second kappa shape index (κ2) is 9.10. The third-order valence-electron chi connectivity index (χ3n) is 4.60. The highest BCUT2D eigenvalue weighted by Gasteiger charge is 2.33. The van der Waals surface area contributed by atoms with Crippen molar-refractivity contribution >= 4 is 16.1 Å². The fraction of sp³-hybridized carbons (Fsp3) is 0.933. The van der Waals surface area contributed by atoms with E-state index in [1.807, 2.05) is 0 Å². The molecule has 0 radical (unpaired) electrons. The highest BCUT2D eigenvalue weighted by molar-refractivity contribution is 7.86. The van der Waals surface area contributed by atoms with Crippen molar-refractivity contribution in [2.75, 3.05) is 66.6 Å². The lowest BCUT2D eigenvalue weighted by atomic mass is 9.99. The van der Waals surface area contributed by atoms with Crippen molar-refractivity contribution < 1.29 is 17.9 Å². The molecule has 0 unspecified atom stereocenters. The molecule has 0 aliphatic carbocycles. The van der Waals surface area contributed by atoms with Gasteiger partial charge in [-0.05, 0) is 25.8 Å². The molecule has 1 N–H and O–H groups in total. The molecule has 2 aliphatic heterocycles. The van der Waals surface area contributed by atoms with Gasteiger partial charge in [-0.1, -0.05) is 0 Å². The topological polar surface area (TPSA) is 82.2 Å². The Hall–Kier alpha value is -0.740. The molecule has 24 heavy (non-hydrogen) atoms. The van der Waals surface area contributed by atoms with Gasteiger partial charge in [-0.3, -0.25) is 9.69 Å². The third kappa shape index (κ3) is 5.38. The Morgan fingerprint density at radius 2 is 1.96 bits per heavy atom. The molecule has 2 heterocycles. The third-order valence-corrected chi connectivity index (χ3v) is 6.50. The van der Waals surface area contributed by atoms with Crippen molar-refractivity contribution in [1.82, 2.24) is 18.8 Å². The zero-order valence-electron chi connectivity index (χ0n) is 14.7. The molecule has 1 atom stereocenters.